The minimum absolute atomic E-state index is 0.0442. The van der Waals surface area contributed by atoms with Crippen molar-refractivity contribution in [2.75, 3.05) is 5.75 Å². The van der Waals surface area contributed by atoms with Crippen molar-refractivity contribution in [2.24, 2.45) is 0 Å². The summed E-state index contributed by atoms with van der Waals surface area (Å²) in [6.45, 7) is 0. The molecule has 0 radical (unpaired) electrons. The fraction of sp³-hybridized carbons (Fsp3) is 0.222. The summed E-state index contributed by atoms with van der Waals surface area (Å²) in [6.07, 6.45) is 0. The van der Waals surface area contributed by atoms with Gasteiger partial charge in [-0.15, -0.1) is 11.8 Å². The maximum atomic E-state index is 12.9. The largest absolute Gasteiger partial charge is 0.207 e. The Morgan fingerprint density at radius 1 is 1.31 bits per heavy atom. The lowest BCUT2D eigenvalue weighted by Gasteiger charge is -2.01. The number of nitriles is 1. The minimum atomic E-state index is -0.551. The van der Waals surface area contributed by atoms with Crippen LogP contribution in [0.4, 0.5) is 8.78 Å². The van der Waals surface area contributed by atoms with E-state index in [-0.39, 0.29) is 17.1 Å². The van der Waals surface area contributed by atoms with E-state index in [1.807, 2.05) is 6.07 Å². The fourth-order valence-electron chi connectivity index (χ4n) is 0.869. The summed E-state index contributed by atoms with van der Waals surface area (Å²) in [7, 11) is 0. The number of halogens is 2. The van der Waals surface area contributed by atoms with Gasteiger partial charge in [0.2, 0.25) is 0 Å². The highest BCUT2D eigenvalue weighted by Gasteiger charge is 2.07. The predicted octanol–water partition coefficient (Wildman–Crippen LogP) is 2.72. The molecular formula is C9H7F2NS. The summed E-state index contributed by atoms with van der Waals surface area (Å²) >= 11 is 1.19. The molecule has 0 saturated heterocycles. The molecule has 68 valence electrons. The van der Waals surface area contributed by atoms with Gasteiger partial charge in [0.15, 0.2) is 0 Å². The molecule has 1 aromatic carbocycles. The third-order valence-electron chi connectivity index (χ3n) is 1.47. The Hall–Kier alpha value is -1.08. The monoisotopic (exact) mass is 199 g/mol. The maximum Gasteiger partial charge on any atom is 0.130 e. The number of hydrogen-bond acceptors (Lipinski definition) is 2. The van der Waals surface area contributed by atoms with E-state index in [1.54, 1.807) is 0 Å². The summed E-state index contributed by atoms with van der Waals surface area (Å²) in [4.78, 5) is 0. The summed E-state index contributed by atoms with van der Waals surface area (Å²) < 4.78 is 25.9. The van der Waals surface area contributed by atoms with E-state index in [0.717, 1.165) is 0 Å². The Balaban J connectivity index is 2.71. The zero-order chi connectivity index (χ0) is 9.68. The fourth-order valence-corrected chi connectivity index (χ4v) is 1.54. The van der Waals surface area contributed by atoms with Crippen LogP contribution in [0, 0.1) is 23.0 Å². The van der Waals surface area contributed by atoms with Crippen molar-refractivity contribution in [3.05, 3.63) is 35.4 Å². The Bertz CT molecular complexity index is 313. The van der Waals surface area contributed by atoms with Crippen LogP contribution in [-0.4, -0.2) is 5.75 Å². The van der Waals surface area contributed by atoms with Gasteiger partial charge in [0.05, 0.1) is 11.8 Å². The molecule has 1 rings (SSSR count). The molecule has 13 heavy (non-hydrogen) atoms. The van der Waals surface area contributed by atoms with Crippen LogP contribution >= 0.6 is 11.8 Å². The van der Waals surface area contributed by atoms with Crippen molar-refractivity contribution >= 4 is 11.8 Å². The molecule has 0 aliphatic heterocycles. The molecule has 0 saturated carbocycles. The smallest absolute Gasteiger partial charge is 0.130 e. The standard InChI is InChI=1S/C9H7F2NS/c10-8-2-1-3-9(11)7(8)6-13-5-4-12/h1-3H,5-6H2. The molecule has 0 heterocycles. The first-order valence-corrected chi connectivity index (χ1v) is 4.78. The predicted molar refractivity (Wildman–Crippen MR) is 48.1 cm³/mol. The maximum absolute atomic E-state index is 12.9. The van der Waals surface area contributed by atoms with Gasteiger partial charge in [-0.2, -0.15) is 5.26 Å². The number of nitrogens with zero attached hydrogens (tertiary/aromatic N) is 1. The molecule has 4 heteroatoms. The van der Waals surface area contributed by atoms with Crippen molar-refractivity contribution in [3.63, 3.8) is 0 Å². The second-order valence-corrected chi connectivity index (χ2v) is 3.34. The van der Waals surface area contributed by atoms with Gasteiger partial charge >= 0.3 is 0 Å². The van der Waals surface area contributed by atoms with Crippen LogP contribution in [0.5, 0.6) is 0 Å². The summed E-state index contributed by atoms with van der Waals surface area (Å²) in [5, 5.41) is 8.22. The highest BCUT2D eigenvalue weighted by Crippen LogP contribution is 2.18. The van der Waals surface area contributed by atoms with Crippen LogP contribution in [0.2, 0.25) is 0 Å². The zero-order valence-corrected chi connectivity index (χ0v) is 7.57. The lowest BCUT2D eigenvalue weighted by Crippen LogP contribution is -1.92. The van der Waals surface area contributed by atoms with Crippen LogP contribution < -0.4 is 0 Å². The molecule has 0 unspecified atom stereocenters. The highest BCUT2D eigenvalue weighted by molar-refractivity contribution is 7.98. The molecule has 0 spiro atoms. The van der Waals surface area contributed by atoms with Gasteiger partial charge in [0.25, 0.3) is 0 Å². The third kappa shape index (κ3) is 2.71. The van der Waals surface area contributed by atoms with Gasteiger partial charge in [-0.3, -0.25) is 0 Å². The lowest BCUT2D eigenvalue weighted by molar-refractivity contribution is 0.566. The Kier molecular flexibility index (Phi) is 3.71. The Morgan fingerprint density at radius 2 is 1.92 bits per heavy atom. The lowest BCUT2D eigenvalue weighted by atomic mass is 10.2. The number of thioether (sulfide) groups is 1. The van der Waals surface area contributed by atoms with Crippen LogP contribution in [0.1, 0.15) is 5.56 Å². The molecular weight excluding hydrogens is 192 g/mol. The first kappa shape index (κ1) is 10.0. The molecule has 1 nitrogen and oxygen atoms in total. The molecule has 0 aromatic heterocycles. The zero-order valence-electron chi connectivity index (χ0n) is 6.76. The molecule has 0 aliphatic carbocycles. The van der Waals surface area contributed by atoms with E-state index in [2.05, 4.69) is 0 Å². The number of hydrogen-bond donors (Lipinski definition) is 0. The van der Waals surface area contributed by atoms with E-state index >= 15 is 0 Å². The van der Waals surface area contributed by atoms with Gasteiger partial charge in [0.1, 0.15) is 11.6 Å². The summed E-state index contributed by atoms with van der Waals surface area (Å²) in [6, 6.07) is 5.64. The van der Waals surface area contributed by atoms with Crippen LogP contribution in [0.3, 0.4) is 0 Å². The first-order chi connectivity index (χ1) is 6.25. The first-order valence-electron chi connectivity index (χ1n) is 3.63. The molecule has 0 amide bonds. The molecule has 0 aliphatic rings. The second-order valence-electron chi connectivity index (χ2n) is 2.35. The van der Waals surface area contributed by atoms with Crippen molar-refractivity contribution in [2.45, 2.75) is 5.75 Å². The SMILES string of the molecule is N#CCSCc1c(F)cccc1F. The average Bonchev–Trinajstić information content (AvgIpc) is 2.10. The molecule has 0 atom stereocenters. The Labute approximate surface area is 79.4 Å². The topological polar surface area (TPSA) is 23.8 Å². The quantitative estimate of drug-likeness (QED) is 0.699. The van der Waals surface area contributed by atoms with E-state index in [0.29, 0.717) is 0 Å². The molecule has 0 bridgehead atoms. The molecule has 0 N–H and O–H groups in total. The van der Waals surface area contributed by atoms with Crippen LogP contribution in [-0.2, 0) is 5.75 Å². The van der Waals surface area contributed by atoms with E-state index in [1.165, 1.54) is 30.0 Å². The Morgan fingerprint density at radius 3 is 2.46 bits per heavy atom. The van der Waals surface area contributed by atoms with Gasteiger partial charge in [-0.1, -0.05) is 6.07 Å². The summed E-state index contributed by atoms with van der Waals surface area (Å²) in [5.41, 5.74) is 0.0442. The second kappa shape index (κ2) is 4.83. The van der Waals surface area contributed by atoms with Crippen molar-refractivity contribution < 1.29 is 8.78 Å². The van der Waals surface area contributed by atoms with Gasteiger partial charge in [0, 0.05) is 11.3 Å². The third-order valence-corrected chi connectivity index (χ3v) is 2.30. The normalized spacial score (nSPS) is 9.62. The minimum Gasteiger partial charge on any atom is -0.207 e. The molecule has 0 fully saturated rings. The van der Waals surface area contributed by atoms with E-state index in [9.17, 15) is 8.78 Å². The van der Waals surface area contributed by atoms with Crippen molar-refractivity contribution in [1.82, 2.24) is 0 Å². The van der Waals surface area contributed by atoms with Crippen LogP contribution in [0.15, 0.2) is 18.2 Å². The van der Waals surface area contributed by atoms with Crippen molar-refractivity contribution in [1.29, 1.82) is 5.26 Å². The molecule has 1 aromatic rings. The van der Waals surface area contributed by atoms with Gasteiger partial charge in [-0.25, -0.2) is 8.78 Å². The van der Waals surface area contributed by atoms with Crippen LogP contribution in [0.25, 0.3) is 0 Å². The highest BCUT2D eigenvalue weighted by atomic mass is 32.2. The average molecular weight is 199 g/mol. The van der Waals surface area contributed by atoms with Crippen molar-refractivity contribution in [3.8, 4) is 6.07 Å². The number of rotatable bonds is 3. The van der Waals surface area contributed by atoms with E-state index < -0.39 is 11.6 Å². The summed E-state index contributed by atoms with van der Waals surface area (Å²) in [5.74, 6) is -0.657. The number of benzene rings is 1. The van der Waals surface area contributed by atoms with E-state index in [4.69, 9.17) is 5.26 Å². The van der Waals surface area contributed by atoms with Gasteiger partial charge in [-0.05, 0) is 12.1 Å². The van der Waals surface area contributed by atoms with Gasteiger partial charge < -0.3 is 0 Å².